The second kappa shape index (κ2) is 9.09. The molecule has 1 atom stereocenters. The first-order chi connectivity index (χ1) is 13.9. The number of likely N-dealkylation sites (N-methyl/N-ethyl adjacent to an activating group) is 1. The lowest BCUT2D eigenvalue weighted by molar-refractivity contribution is -0.128. The quantitative estimate of drug-likeness (QED) is 0.773. The van der Waals surface area contributed by atoms with Crippen molar-refractivity contribution in [2.45, 2.75) is 18.9 Å². The topological polar surface area (TPSA) is 76.7 Å². The van der Waals surface area contributed by atoms with Crippen LogP contribution in [-0.2, 0) is 16.0 Å². The van der Waals surface area contributed by atoms with E-state index in [0.29, 0.717) is 41.7 Å². The van der Waals surface area contributed by atoms with E-state index in [-0.39, 0.29) is 12.0 Å². The molecular formula is C20H19ClF2N2O4. The van der Waals surface area contributed by atoms with Crippen molar-refractivity contribution in [2.24, 2.45) is 0 Å². The first-order valence-corrected chi connectivity index (χ1v) is 9.30. The molecular weight excluding hydrogens is 406 g/mol. The standard InChI is InChI=1S/C20H19ClF2N2O4/c1-24-20(27)18(12-3-4-14(22)15(23)10-12)25-17(26)9-11-7-13(21)19-16(8-11)28-5-2-6-29-19/h3-4,7-8,10,18H,2,5-6,9H2,1H3,(H,24,27)(H,25,26). The van der Waals surface area contributed by atoms with Crippen LogP contribution in [-0.4, -0.2) is 32.1 Å². The van der Waals surface area contributed by atoms with E-state index in [1.165, 1.54) is 13.1 Å². The van der Waals surface area contributed by atoms with Crippen molar-refractivity contribution in [2.75, 3.05) is 20.3 Å². The van der Waals surface area contributed by atoms with E-state index < -0.39 is 29.5 Å². The normalized spacial score (nSPS) is 13.9. The van der Waals surface area contributed by atoms with Crippen LogP contribution in [0.1, 0.15) is 23.6 Å². The summed E-state index contributed by atoms with van der Waals surface area (Å²) in [5.74, 6) is -2.35. The molecule has 1 unspecified atom stereocenters. The molecule has 29 heavy (non-hydrogen) atoms. The molecule has 0 aromatic heterocycles. The summed E-state index contributed by atoms with van der Waals surface area (Å²) in [6.45, 7) is 0.947. The third-order valence-corrected chi connectivity index (χ3v) is 4.60. The van der Waals surface area contributed by atoms with Crippen molar-refractivity contribution >= 4 is 23.4 Å². The monoisotopic (exact) mass is 424 g/mol. The van der Waals surface area contributed by atoms with Gasteiger partial charge >= 0.3 is 0 Å². The largest absolute Gasteiger partial charge is 0.489 e. The van der Waals surface area contributed by atoms with Gasteiger partial charge < -0.3 is 20.1 Å². The number of rotatable bonds is 5. The van der Waals surface area contributed by atoms with Gasteiger partial charge in [0, 0.05) is 13.5 Å². The number of carbonyl (C=O) groups is 2. The molecule has 154 valence electrons. The van der Waals surface area contributed by atoms with Crippen LogP contribution in [0.25, 0.3) is 0 Å². The predicted molar refractivity (Wildman–Crippen MR) is 102 cm³/mol. The van der Waals surface area contributed by atoms with Crippen LogP contribution in [0.4, 0.5) is 8.78 Å². The third kappa shape index (κ3) is 4.95. The Balaban J connectivity index is 1.78. The number of halogens is 3. The smallest absolute Gasteiger partial charge is 0.246 e. The molecule has 2 aromatic carbocycles. The number of amides is 2. The molecule has 0 saturated carbocycles. The average molecular weight is 425 g/mol. The van der Waals surface area contributed by atoms with Crippen molar-refractivity contribution in [1.29, 1.82) is 0 Å². The van der Waals surface area contributed by atoms with Gasteiger partial charge in [-0.2, -0.15) is 0 Å². The molecule has 6 nitrogen and oxygen atoms in total. The first kappa shape index (κ1) is 20.9. The Morgan fingerprint density at radius 3 is 2.62 bits per heavy atom. The molecule has 0 aliphatic carbocycles. The molecule has 1 aliphatic heterocycles. The Bertz CT molecular complexity index is 939. The highest BCUT2D eigenvalue weighted by atomic mass is 35.5. The lowest BCUT2D eigenvalue weighted by atomic mass is 10.0. The zero-order valence-corrected chi connectivity index (χ0v) is 16.3. The van der Waals surface area contributed by atoms with Gasteiger partial charge in [0.05, 0.1) is 24.7 Å². The van der Waals surface area contributed by atoms with Crippen molar-refractivity contribution in [3.63, 3.8) is 0 Å². The summed E-state index contributed by atoms with van der Waals surface area (Å²) in [5, 5.41) is 5.25. The number of fused-ring (bicyclic) bond motifs is 1. The molecule has 1 aliphatic rings. The molecule has 9 heteroatoms. The second-order valence-electron chi connectivity index (χ2n) is 6.42. The molecule has 1 heterocycles. The zero-order valence-electron chi connectivity index (χ0n) is 15.6. The van der Waals surface area contributed by atoms with Crippen molar-refractivity contribution in [3.05, 3.63) is 58.1 Å². The highest BCUT2D eigenvalue weighted by molar-refractivity contribution is 6.32. The van der Waals surface area contributed by atoms with Crippen LogP contribution in [0.3, 0.4) is 0 Å². The van der Waals surface area contributed by atoms with Gasteiger partial charge in [-0.05, 0) is 35.4 Å². The summed E-state index contributed by atoms with van der Waals surface area (Å²) < 4.78 is 37.9. The van der Waals surface area contributed by atoms with E-state index in [4.69, 9.17) is 21.1 Å². The summed E-state index contributed by atoms with van der Waals surface area (Å²) >= 11 is 6.23. The Morgan fingerprint density at radius 1 is 1.14 bits per heavy atom. The summed E-state index contributed by atoms with van der Waals surface area (Å²) in [5.41, 5.74) is 0.672. The van der Waals surface area contributed by atoms with Gasteiger partial charge in [0.15, 0.2) is 23.1 Å². The Hall–Kier alpha value is -2.87. The van der Waals surface area contributed by atoms with Crippen molar-refractivity contribution in [3.8, 4) is 11.5 Å². The van der Waals surface area contributed by atoms with E-state index in [2.05, 4.69) is 10.6 Å². The van der Waals surface area contributed by atoms with Crippen LogP contribution in [0.15, 0.2) is 30.3 Å². The summed E-state index contributed by atoms with van der Waals surface area (Å²) in [6.07, 6.45) is 0.608. The van der Waals surface area contributed by atoms with Gasteiger partial charge in [-0.3, -0.25) is 9.59 Å². The van der Waals surface area contributed by atoms with Crippen LogP contribution in [0.5, 0.6) is 11.5 Å². The number of ether oxygens (including phenoxy) is 2. The van der Waals surface area contributed by atoms with Crippen LogP contribution >= 0.6 is 11.6 Å². The number of benzene rings is 2. The van der Waals surface area contributed by atoms with Crippen LogP contribution in [0.2, 0.25) is 5.02 Å². The highest BCUT2D eigenvalue weighted by Crippen LogP contribution is 2.38. The molecule has 0 saturated heterocycles. The molecule has 0 spiro atoms. The molecule has 0 radical (unpaired) electrons. The number of hydrogen-bond acceptors (Lipinski definition) is 4. The van der Waals surface area contributed by atoms with Crippen molar-refractivity contribution in [1.82, 2.24) is 10.6 Å². The minimum Gasteiger partial charge on any atom is -0.489 e. The zero-order chi connectivity index (χ0) is 21.0. The summed E-state index contributed by atoms with van der Waals surface area (Å²) in [6, 6.07) is 5.07. The molecule has 2 amide bonds. The fourth-order valence-corrected chi connectivity index (χ4v) is 3.21. The second-order valence-corrected chi connectivity index (χ2v) is 6.83. The van der Waals surface area contributed by atoms with Gasteiger partial charge in [0.2, 0.25) is 11.8 Å². The van der Waals surface area contributed by atoms with E-state index >= 15 is 0 Å². The summed E-state index contributed by atoms with van der Waals surface area (Å²) in [7, 11) is 1.38. The van der Waals surface area contributed by atoms with Gasteiger partial charge in [-0.1, -0.05) is 17.7 Å². The average Bonchev–Trinajstić information content (AvgIpc) is 2.93. The number of nitrogens with one attached hydrogen (secondary N) is 2. The maximum Gasteiger partial charge on any atom is 0.246 e. The maximum absolute atomic E-state index is 13.6. The predicted octanol–water partition coefficient (Wildman–Crippen LogP) is 2.93. The van der Waals surface area contributed by atoms with E-state index in [9.17, 15) is 18.4 Å². The van der Waals surface area contributed by atoms with Gasteiger partial charge in [-0.25, -0.2) is 8.78 Å². The highest BCUT2D eigenvalue weighted by Gasteiger charge is 2.24. The minimum atomic E-state index is -1.18. The van der Waals surface area contributed by atoms with Gasteiger partial charge in [-0.15, -0.1) is 0 Å². The molecule has 0 fully saturated rings. The van der Waals surface area contributed by atoms with E-state index in [0.717, 1.165) is 12.1 Å². The van der Waals surface area contributed by atoms with Crippen molar-refractivity contribution < 1.29 is 27.8 Å². The lowest BCUT2D eigenvalue weighted by Gasteiger charge is -2.18. The number of hydrogen-bond donors (Lipinski definition) is 2. The summed E-state index contributed by atoms with van der Waals surface area (Å²) in [4.78, 5) is 24.7. The fraction of sp³-hybridized carbons (Fsp3) is 0.300. The van der Waals surface area contributed by atoms with E-state index in [1.807, 2.05) is 0 Å². The van der Waals surface area contributed by atoms with Crippen LogP contribution < -0.4 is 20.1 Å². The Labute approximate surface area is 171 Å². The Morgan fingerprint density at radius 2 is 1.90 bits per heavy atom. The molecule has 2 aromatic rings. The molecule has 2 N–H and O–H groups in total. The SMILES string of the molecule is CNC(=O)C(NC(=O)Cc1cc(Cl)c2c(c1)OCCCO2)c1ccc(F)c(F)c1. The van der Waals surface area contributed by atoms with E-state index in [1.54, 1.807) is 12.1 Å². The number of carbonyl (C=O) groups excluding carboxylic acids is 2. The molecule has 0 bridgehead atoms. The van der Waals surface area contributed by atoms with Gasteiger partial charge in [0.25, 0.3) is 0 Å². The molecule has 3 rings (SSSR count). The Kier molecular flexibility index (Phi) is 6.53. The maximum atomic E-state index is 13.6. The lowest BCUT2D eigenvalue weighted by Crippen LogP contribution is -2.39. The van der Waals surface area contributed by atoms with Crippen LogP contribution in [0, 0.1) is 11.6 Å². The fourth-order valence-electron chi connectivity index (χ4n) is 2.92. The first-order valence-electron chi connectivity index (χ1n) is 8.93. The van der Waals surface area contributed by atoms with Gasteiger partial charge in [0.1, 0.15) is 6.04 Å². The third-order valence-electron chi connectivity index (χ3n) is 4.32. The minimum absolute atomic E-state index is 0.104.